The van der Waals surface area contributed by atoms with Crippen LogP contribution in [0.15, 0.2) is 42.5 Å². The number of carbonyl (C=O) groups is 1. The van der Waals surface area contributed by atoms with Crippen LogP contribution in [0.4, 0.5) is 15.8 Å². The van der Waals surface area contributed by atoms with Crippen molar-refractivity contribution >= 4 is 28.9 Å². The maximum atomic E-state index is 13.2. The second kappa shape index (κ2) is 8.27. The van der Waals surface area contributed by atoms with E-state index in [0.29, 0.717) is 18.8 Å². The van der Waals surface area contributed by atoms with Gasteiger partial charge < -0.3 is 19.9 Å². The highest BCUT2D eigenvalue weighted by molar-refractivity contribution is 6.31. The van der Waals surface area contributed by atoms with Gasteiger partial charge in [0.05, 0.1) is 24.4 Å². The van der Waals surface area contributed by atoms with Crippen molar-refractivity contribution in [1.82, 2.24) is 4.90 Å². The normalized spacial score (nSPS) is 14.3. The Balaban J connectivity index is 1.52. The summed E-state index contributed by atoms with van der Waals surface area (Å²) in [6.45, 7) is 2.92. The lowest BCUT2D eigenvalue weighted by atomic mass is 10.2. The largest absolute Gasteiger partial charge is 0.495 e. The lowest BCUT2D eigenvalue weighted by Crippen LogP contribution is -2.50. The first kappa shape index (κ1) is 18.3. The molecule has 1 fully saturated rings. The van der Waals surface area contributed by atoms with E-state index in [0.717, 1.165) is 24.5 Å². The molecule has 5 nitrogen and oxygen atoms in total. The predicted molar refractivity (Wildman–Crippen MR) is 102 cm³/mol. The predicted octanol–water partition coefficient (Wildman–Crippen LogP) is 3.25. The molecule has 0 aliphatic carbocycles. The van der Waals surface area contributed by atoms with Gasteiger partial charge in [0.25, 0.3) is 0 Å². The molecule has 1 N–H and O–H groups in total. The summed E-state index contributed by atoms with van der Waals surface area (Å²) in [5.74, 6) is 0.364. The molecular weight excluding hydrogens is 357 g/mol. The Kier molecular flexibility index (Phi) is 5.83. The first-order valence-corrected chi connectivity index (χ1v) is 8.81. The summed E-state index contributed by atoms with van der Waals surface area (Å²) < 4.78 is 18.6. The molecule has 3 rings (SSSR count). The van der Waals surface area contributed by atoms with Crippen LogP contribution >= 0.6 is 11.6 Å². The monoisotopic (exact) mass is 377 g/mol. The smallest absolute Gasteiger partial charge is 0.241 e. The highest BCUT2D eigenvalue weighted by atomic mass is 35.5. The van der Waals surface area contributed by atoms with E-state index in [1.54, 1.807) is 13.2 Å². The molecule has 1 heterocycles. The number of hydrogen-bond donors (Lipinski definition) is 1. The number of anilines is 2. The van der Waals surface area contributed by atoms with Gasteiger partial charge in [-0.15, -0.1) is 0 Å². The van der Waals surface area contributed by atoms with Crippen molar-refractivity contribution in [2.75, 3.05) is 50.1 Å². The van der Waals surface area contributed by atoms with Crippen LogP contribution in [-0.4, -0.2) is 50.6 Å². The Morgan fingerprint density at radius 3 is 2.62 bits per heavy atom. The molecule has 2 aromatic rings. The fourth-order valence-corrected chi connectivity index (χ4v) is 3.16. The van der Waals surface area contributed by atoms with Gasteiger partial charge in [-0.05, 0) is 30.3 Å². The average Bonchev–Trinajstić information content (AvgIpc) is 2.68. The molecule has 0 aromatic heterocycles. The minimum Gasteiger partial charge on any atom is -0.495 e. The van der Waals surface area contributed by atoms with Crippen molar-refractivity contribution in [1.29, 1.82) is 0 Å². The molecule has 1 saturated heterocycles. The molecular formula is C19H21ClFN3O2. The van der Waals surface area contributed by atoms with Gasteiger partial charge in [0.15, 0.2) is 0 Å². The van der Waals surface area contributed by atoms with Gasteiger partial charge in [-0.2, -0.15) is 0 Å². The molecule has 0 radical (unpaired) electrons. The maximum absolute atomic E-state index is 13.2. The van der Waals surface area contributed by atoms with Crippen molar-refractivity contribution < 1.29 is 13.9 Å². The SMILES string of the molecule is COc1ccccc1N1CCN(C(=O)CNc2ccc(F)c(Cl)c2)CC1. The van der Waals surface area contributed by atoms with Crippen LogP contribution < -0.4 is 15.0 Å². The summed E-state index contributed by atoms with van der Waals surface area (Å²) in [5.41, 5.74) is 1.67. The fourth-order valence-electron chi connectivity index (χ4n) is 2.98. The van der Waals surface area contributed by atoms with Gasteiger partial charge in [0.1, 0.15) is 11.6 Å². The van der Waals surface area contributed by atoms with Crippen molar-refractivity contribution in [2.45, 2.75) is 0 Å². The van der Waals surface area contributed by atoms with Gasteiger partial charge in [-0.1, -0.05) is 23.7 Å². The molecule has 1 aliphatic heterocycles. The van der Waals surface area contributed by atoms with Gasteiger partial charge >= 0.3 is 0 Å². The molecule has 0 saturated carbocycles. The summed E-state index contributed by atoms with van der Waals surface area (Å²) in [7, 11) is 1.66. The van der Waals surface area contributed by atoms with Crippen LogP contribution in [0.5, 0.6) is 5.75 Å². The standard InChI is InChI=1S/C19H21ClFN3O2/c1-26-18-5-3-2-4-17(18)23-8-10-24(11-9-23)19(25)13-22-14-6-7-16(21)15(20)12-14/h2-7,12,22H,8-11,13H2,1H3. The van der Waals surface area contributed by atoms with E-state index in [1.807, 2.05) is 29.2 Å². The second-order valence-electron chi connectivity index (χ2n) is 6.02. The first-order valence-electron chi connectivity index (χ1n) is 8.43. The maximum Gasteiger partial charge on any atom is 0.241 e. The van der Waals surface area contributed by atoms with Crippen LogP contribution in [0, 0.1) is 5.82 Å². The quantitative estimate of drug-likeness (QED) is 0.868. The van der Waals surface area contributed by atoms with Crippen LogP contribution in [-0.2, 0) is 4.79 Å². The topological polar surface area (TPSA) is 44.8 Å². The number of para-hydroxylation sites is 2. The van der Waals surface area contributed by atoms with E-state index in [-0.39, 0.29) is 17.5 Å². The highest BCUT2D eigenvalue weighted by Gasteiger charge is 2.22. The van der Waals surface area contributed by atoms with Crippen LogP contribution in [0.2, 0.25) is 5.02 Å². The van der Waals surface area contributed by atoms with Gasteiger partial charge in [0, 0.05) is 31.9 Å². The molecule has 2 aromatic carbocycles. The second-order valence-corrected chi connectivity index (χ2v) is 6.43. The Morgan fingerprint density at radius 2 is 1.92 bits per heavy atom. The van der Waals surface area contributed by atoms with Crippen molar-refractivity contribution in [3.8, 4) is 5.75 Å². The number of methoxy groups -OCH3 is 1. The molecule has 7 heteroatoms. The average molecular weight is 378 g/mol. The number of amides is 1. The number of nitrogens with one attached hydrogen (secondary N) is 1. The number of piperazine rings is 1. The van der Waals surface area contributed by atoms with E-state index >= 15 is 0 Å². The Bertz CT molecular complexity index is 779. The molecule has 0 atom stereocenters. The number of hydrogen-bond acceptors (Lipinski definition) is 4. The first-order chi connectivity index (χ1) is 12.6. The van der Waals surface area contributed by atoms with E-state index in [4.69, 9.17) is 16.3 Å². The lowest BCUT2D eigenvalue weighted by molar-refractivity contribution is -0.129. The van der Waals surface area contributed by atoms with Crippen molar-refractivity contribution in [3.63, 3.8) is 0 Å². The molecule has 0 unspecified atom stereocenters. The van der Waals surface area contributed by atoms with Crippen molar-refractivity contribution in [3.05, 3.63) is 53.3 Å². The van der Waals surface area contributed by atoms with E-state index in [9.17, 15) is 9.18 Å². The summed E-state index contributed by atoms with van der Waals surface area (Å²) in [5, 5.41) is 3.03. The van der Waals surface area contributed by atoms with E-state index < -0.39 is 5.82 Å². The number of rotatable bonds is 5. The molecule has 138 valence electrons. The third-order valence-corrected chi connectivity index (χ3v) is 4.71. The van der Waals surface area contributed by atoms with E-state index in [2.05, 4.69) is 10.2 Å². The van der Waals surface area contributed by atoms with Gasteiger partial charge in [0.2, 0.25) is 5.91 Å². The number of carbonyl (C=O) groups excluding carboxylic acids is 1. The lowest BCUT2D eigenvalue weighted by Gasteiger charge is -2.36. The summed E-state index contributed by atoms with van der Waals surface area (Å²) in [6, 6.07) is 12.2. The number of halogens is 2. The fraction of sp³-hybridized carbons (Fsp3) is 0.316. The summed E-state index contributed by atoms with van der Waals surface area (Å²) in [6.07, 6.45) is 0. The minimum atomic E-state index is -0.476. The van der Waals surface area contributed by atoms with Gasteiger partial charge in [-0.25, -0.2) is 4.39 Å². The molecule has 26 heavy (non-hydrogen) atoms. The molecule has 0 bridgehead atoms. The van der Waals surface area contributed by atoms with E-state index in [1.165, 1.54) is 12.1 Å². The zero-order valence-electron chi connectivity index (χ0n) is 14.5. The van der Waals surface area contributed by atoms with Gasteiger partial charge in [-0.3, -0.25) is 4.79 Å². The van der Waals surface area contributed by atoms with Crippen LogP contribution in [0.1, 0.15) is 0 Å². The Morgan fingerprint density at radius 1 is 1.19 bits per heavy atom. The zero-order chi connectivity index (χ0) is 18.5. The Hall–Kier alpha value is -2.47. The van der Waals surface area contributed by atoms with Crippen LogP contribution in [0.25, 0.3) is 0 Å². The molecule has 1 aliphatic rings. The number of nitrogens with zero attached hydrogens (tertiary/aromatic N) is 2. The Labute approximate surface area is 157 Å². The molecule has 0 spiro atoms. The highest BCUT2D eigenvalue weighted by Crippen LogP contribution is 2.28. The third kappa shape index (κ3) is 4.19. The summed E-state index contributed by atoms with van der Waals surface area (Å²) >= 11 is 5.75. The molecule has 1 amide bonds. The number of benzene rings is 2. The summed E-state index contributed by atoms with van der Waals surface area (Å²) in [4.78, 5) is 16.4. The third-order valence-electron chi connectivity index (χ3n) is 4.42. The number of ether oxygens (including phenoxy) is 1. The zero-order valence-corrected chi connectivity index (χ0v) is 15.3. The minimum absolute atomic E-state index is 0.00474. The van der Waals surface area contributed by atoms with Crippen molar-refractivity contribution in [2.24, 2.45) is 0 Å². The van der Waals surface area contributed by atoms with Crippen LogP contribution in [0.3, 0.4) is 0 Å².